The maximum absolute atomic E-state index is 14.9. The number of rotatable bonds is 7. The van der Waals surface area contributed by atoms with Crippen molar-refractivity contribution in [2.45, 2.75) is 58.4 Å². The minimum atomic E-state index is -1.45. The van der Waals surface area contributed by atoms with Crippen LogP contribution >= 0.6 is 0 Å². The van der Waals surface area contributed by atoms with E-state index in [2.05, 4.69) is 20.3 Å². The Morgan fingerprint density at radius 3 is 2.76 bits per heavy atom. The van der Waals surface area contributed by atoms with Gasteiger partial charge in [0.05, 0.1) is 30.3 Å². The number of likely N-dealkylation sites (tertiary alicyclic amines) is 1. The average molecular weight is 510 g/mol. The Balaban J connectivity index is 1.41. The molecule has 0 radical (unpaired) electrons. The number of benzene rings is 1. The maximum Gasteiger partial charge on any atom is 0.255 e. The first-order valence-corrected chi connectivity index (χ1v) is 12.7. The number of aromatic amines is 1. The molecule has 0 unspecified atom stereocenters. The Morgan fingerprint density at radius 2 is 2.05 bits per heavy atom. The van der Waals surface area contributed by atoms with E-state index in [4.69, 9.17) is 4.74 Å². The fraction of sp³-hybridized carbons (Fsp3) is 0.481. The number of aliphatic hydroxyl groups excluding tert-OH is 1. The van der Waals surface area contributed by atoms with Gasteiger partial charge in [-0.2, -0.15) is 0 Å². The Labute approximate surface area is 214 Å². The van der Waals surface area contributed by atoms with Gasteiger partial charge in [0.1, 0.15) is 35.6 Å². The van der Waals surface area contributed by atoms with Crippen molar-refractivity contribution >= 4 is 22.8 Å². The summed E-state index contributed by atoms with van der Waals surface area (Å²) in [4.78, 5) is 38.8. The molecular weight excluding hydrogens is 477 g/mol. The molecule has 1 saturated carbocycles. The van der Waals surface area contributed by atoms with E-state index in [-0.39, 0.29) is 19.5 Å². The minimum Gasteiger partial charge on any atom is -0.493 e. The highest BCUT2D eigenvalue weighted by Crippen LogP contribution is 2.37. The van der Waals surface area contributed by atoms with E-state index < -0.39 is 30.1 Å². The SMILES string of the molecule is Cc1ccc(OCC2CC2)c(-c2ncnc3c(C(=O)N[C@@H]4CCN(C(=O)[C@H](C)O)C[C@H]4F)c(C)[nH]c23)c1. The number of alkyl halides is 1. The van der Waals surface area contributed by atoms with Crippen molar-refractivity contribution in [3.63, 3.8) is 0 Å². The lowest BCUT2D eigenvalue weighted by Gasteiger charge is -2.35. The predicted molar refractivity (Wildman–Crippen MR) is 136 cm³/mol. The number of halogens is 1. The van der Waals surface area contributed by atoms with Gasteiger partial charge in [0.15, 0.2) is 0 Å². The van der Waals surface area contributed by atoms with Crippen LogP contribution in [0.4, 0.5) is 4.39 Å². The van der Waals surface area contributed by atoms with E-state index in [0.29, 0.717) is 40.5 Å². The molecule has 3 aromatic rings. The number of fused-ring (bicyclic) bond motifs is 1. The van der Waals surface area contributed by atoms with Gasteiger partial charge in [-0.3, -0.25) is 9.59 Å². The van der Waals surface area contributed by atoms with Crippen LogP contribution in [-0.2, 0) is 4.79 Å². The van der Waals surface area contributed by atoms with Crippen LogP contribution in [0.15, 0.2) is 24.5 Å². The molecule has 37 heavy (non-hydrogen) atoms. The molecule has 1 saturated heterocycles. The summed E-state index contributed by atoms with van der Waals surface area (Å²) in [7, 11) is 0. The van der Waals surface area contributed by atoms with Crippen molar-refractivity contribution in [2.24, 2.45) is 5.92 Å². The first kappa shape index (κ1) is 25.1. The molecule has 3 heterocycles. The number of H-pyrrole nitrogens is 1. The monoisotopic (exact) mass is 509 g/mol. The largest absolute Gasteiger partial charge is 0.493 e. The molecule has 1 aromatic carbocycles. The predicted octanol–water partition coefficient (Wildman–Crippen LogP) is 3.08. The molecule has 3 atom stereocenters. The van der Waals surface area contributed by atoms with Crippen molar-refractivity contribution in [3.8, 4) is 17.0 Å². The second-order valence-corrected chi connectivity index (χ2v) is 10.2. The highest BCUT2D eigenvalue weighted by atomic mass is 19.1. The van der Waals surface area contributed by atoms with Crippen molar-refractivity contribution in [1.82, 2.24) is 25.2 Å². The molecule has 2 aromatic heterocycles. The molecule has 9 nitrogen and oxygen atoms in total. The Hall–Kier alpha value is -3.53. The van der Waals surface area contributed by atoms with E-state index in [1.54, 1.807) is 6.92 Å². The van der Waals surface area contributed by atoms with Crippen LogP contribution in [0.2, 0.25) is 0 Å². The normalized spacial score (nSPS) is 20.6. The summed E-state index contributed by atoms with van der Waals surface area (Å²) >= 11 is 0. The Morgan fingerprint density at radius 1 is 1.27 bits per heavy atom. The summed E-state index contributed by atoms with van der Waals surface area (Å²) in [6.45, 7) is 5.87. The second-order valence-electron chi connectivity index (χ2n) is 10.2. The molecule has 2 fully saturated rings. The van der Waals surface area contributed by atoms with Crippen LogP contribution in [0.5, 0.6) is 5.75 Å². The third-order valence-electron chi connectivity index (χ3n) is 7.09. The number of hydrogen-bond acceptors (Lipinski definition) is 6. The highest BCUT2D eigenvalue weighted by Gasteiger charge is 2.34. The van der Waals surface area contributed by atoms with E-state index in [9.17, 15) is 19.1 Å². The topological polar surface area (TPSA) is 120 Å². The smallest absolute Gasteiger partial charge is 0.255 e. The quantitative estimate of drug-likeness (QED) is 0.450. The first-order chi connectivity index (χ1) is 17.7. The van der Waals surface area contributed by atoms with Crippen LogP contribution < -0.4 is 10.1 Å². The van der Waals surface area contributed by atoms with Crippen molar-refractivity contribution in [2.75, 3.05) is 19.7 Å². The van der Waals surface area contributed by atoms with E-state index in [1.165, 1.54) is 31.0 Å². The summed E-state index contributed by atoms with van der Waals surface area (Å²) in [5.41, 5.74) is 4.50. The zero-order valence-corrected chi connectivity index (χ0v) is 21.3. The number of aromatic nitrogens is 3. The summed E-state index contributed by atoms with van der Waals surface area (Å²) in [5, 5.41) is 12.3. The second kappa shape index (κ2) is 10.1. The Kier molecular flexibility index (Phi) is 6.85. The lowest BCUT2D eigenvalue weighted by atomic mass is 10.0. The maximum atomic E-state index is 14.9. The molecule has 0 spiro atoms. The van der Waals surface area contributed by atoms with Gasteiger partial charge in [-0.05, 0) is 58.1 Å². The first-order valence-electron chi connectivity index (χ1n) is 12.7. The van der Waals surface area contributed by atoms with Gasteiger partial charge in [-0.15, -0.1) is 0 Å². The third-order valence-corrected chi connectivity index (χ3v) is 7.09. The minimum absolute atomic E-state index is 0.176. The molecule has 1 aliphatic heterocycles. The molecule has 5 rings (SSSR count). The Bertz CT molecular complexity index is 1340. The number of nitrogens with one attached hydrogen (secondary N) is 2. The summed E-state index contributed by atoms with van der Waals surface area (Å²) < 4.78 is 21.0. The fourth-order valence-electron chi connectivity index (χ4n) is 4.82. The molecule has 0 bridgehead atoms. The third kappa shape index (κ3) is 5.16. The van der Waals surface area contributed by atoms with Gasteiger partial charge >= 0.3 is 0 Å². The van der Waals surface area contributed by atoms with Crippen LogP contribution in [0.1, 0.15) is 47.8 Å². The van der Waals surface area contributed by atoms with Gasteiger partial charge in [0.25, 0.3) is 11.8 Å². The average Bonchev–Trinajstić information content (AvgIpc) is 3.63. The van der Waals surface area contributed by atoms with Crippen LogP contribution in [0, 0.1) is 19.8 Å². The van der Waals surface area contributed by atoms with Crippen LogP contribution in [-0.4, -0.2) is 74.8 Å². The number of amides is 2. The van der Waals surface area contributed by atoms with E-state index >= 15 is 0 Å². The standard InChI is InChI=1S/C27H32FN5O4/c1-14-4-7-21(37-12-17-5-6-17)18(10-14)23-25-24(30-13-29-23)22(15(2)31-25)26(35)32-20-8-9-33(11-19(20)28)27(36)16(3)34/h4,7,10,13,16-17,19-20,31,34H,5-6,8-9,11-12H2,1-3H3,(H,32,35)/t16-,19+,20+/m0/s1. The van der Waals surface area contributed by atoms with Crippen LogP contribution in [0.25, 0.3) is 22.3 Å². The van der Waals surface area contributed by atoms with Gasteiger partial charge in [-0.25, -0.2) is 14.4 Å². The van der Waals surface area contributed by atoms with Crippen LogP contribution in [0.3, 0.4) is 0 Å². The number of carbonyl (C=O) groups excluding carboxylic acids is 2. The number of aryl methyl sites for hydroxylation is 2. The zero-order chi connectivity index (χ0) is 26.3. The van der Waals surface area contributed by atoms with E-state index in [0.717, 1.165) is 16.9 Å². The van der Waals surface area contributed by atoms with Gasteiger partial charge in [0, 0.05) is 17.8 Å². The number of ether oxygens (including phenoxy) is 1. The van der Waals surface area contributed by atoms with Gasteiger partial charge < -0.3 is 25.0 Å². The molecule has 2 amide bonds. The molecule has 10 heteroatoms. The molecule has 196 valence electrons. The zero-order valence-electron chi connectivity index (χ0n) is 21.3. The molecule has 3 N–H and O–H groups in total. The summed E-state index contributed by atoms with van der Waals surface area (Å²) in [6, 6.07) is 5.20. The number of hydrogen-bond donors (Lipinski definition) is 3. The number of aliphatic hydroxyl groups is 1. The van der Waals surface area contributed by atoms with Crippen molar-refractivity contribution in [1.29, 1.82) is 0 Å². The number of carbonyl (C=O) groups is 2. The number of nitrogens with zero attached hydrogens (tertiary/aromatic N) is 3. The fourth-order valence-corrected chi connectivity index (χ4v) is 4.82. The van der Waals surface area contributed by atoms with Crippen molar-refractivity contribution < 1.29 is 23.8 Å². The van der Waals surface area contributed by atoms with Crippen molar-refractivity contribution in [3.05, 3.63) is 41.3 Å². The summed E-state index contributed by atoms with van der Waals surface area (Å²) in [5.74, 6) is 0.375. The van der Waals surface area contributed by atoms with Gasteiger partial charge in [0.2, 0.25) is 0 Å². The van der Waals surface area contributed by atoms with Gasteiger partial charge in [-0.1, -0.05) is 11.6 Å². The summed E-state index contributed by atoms with van der Waals surface area (Å²) in [6.07, 6.45) is 1.40. The lowest BCUT2D eigenvalue weighted by molar-refractivity contribution is -0.141. The lowest BCUT2D eigenvalue weighted by Crippen LogP contribution is -2.55. The molecular formula is C27H32FN5O4. The highest BCUT2D eigenvalue weighted by molar-refractivity contribution is 6.09. The number of piperidine rings is 1. The molecule has 1 aliphatic carbocycles. The molecule has 2 aliphatic rings. The van der Waals surface area contributed by atoms with E-state index in [1.807, 2.05) is 25.1 Å².